The van der Waals surface area contributed by atoms with E-state index >= 15 is 0 Å². The molecule has 0 amide bonds. The molecule has 1 aromatic rings. The van der Waals surface area contributed by atoms with Gasteiger partial charge in [-0.2, -0.15) is 0 Å². The van der Waals surface area contributed by atoms with E-state index in [1.807, 2.05) is 14.1 Å². The Bertz CT molecular complexity index is 495. The van der Waals surface area contributed by atoms with Gasteiger partial charge in [-0.15, -0.1) is 35.7 Å². The van der Waals surface area contributed by atoms with E-state index in [-0.39, 0.29) is 29.9 Å². The van der Waals surface area contributed by atoms with E-state index in [1.54, 1.807) is 23.9 Å². The van der Waals surface area contributed by atoms with Crippen LogP contribution in [0.5, 0.6) is 11.5 Å². The Kier molecular flexibility index (Phi) is 13.0. The summed E-state index contributed by atoms with van der Waals surface area (Å²) < 4.78 is 0. The second-order valence-electron chi connectivity index (χ2n) is 7.25. The van der Waals surface area contributed by atoms with Crippen LogP contribution >= 0.6 is 35.7 Å². The molecule has 2 N–H and O–H groups in total. The minimum Gasteiger partial charge on any atom is -0.508 e. The fraction of sp³-hybridized carbons (Fsp3) is 0.700. The molecule has 1 rings (SSSR count). The zero-order chi connectivity index (χ0) is 18.1. The zero-order valence-electron chi connectivity index (χ0n) is 16.4. The molecule has 0 aliphatic rings. The minimum atomic E-state index is 0. The SMILES string of the molecule is CCCCCCCSc1cc(O)c(C(CN(C)C)C(C)C)cc1O.I. The Labute approximate surface area is 175 Å². The quantitative estimate of drug-likeness (QED) is 0.174. The molecule has 0 aliphatic heterocycles. The molecule has 0 aliphatic carbocycles. The summed E-state index contributed by atoms with van der Waals surface area (Å²) in [6.45, 7) is 7.39. The Balaban J connectivity index is 0.00000576. The predicted molar refractivity (Wildman–Crippen MR) is 121 cm³/mol. The van der Waals surface area contributed by atoms with E-state index in [0.717, 1.165) is 29.2 Å². The van der Waals surface area contributed by atoms with Gasteiger partial charge in [-0.25, -0.2) is 0 Å². The first-order valence-corrected chi connectivity index (χ1v) is 10.2. The van der Waals surface area contributed by atoms with Crippen molar-refractivity contribution in [2.45, 2.75) is 63.7 Å². The Morgan fingerprint density at radius 3 is 2.20 bits per heavy atom. The van der Waals surface area contributed by atoms with Crippen LogP contribution in [0.25, 0.3) is 0 Å². The third kappa shape index (κ3) is 8.87. The molecule has 0 fully saturated rings. The smallest absolute Gasteiger partial charge is 0.129 e. The highest BCUT2D eigenvalue weighted by Gasteiger charge is 2.22. The van der Waals surface area contributed by atoms with Crippen LogP contribution in [0.2, 0.25) is 0 Å². The molecule has 0 saturated heterocycles. The third-order valence-corrected chi connectivity index (χ3v) is 5.51. The van der Waals surface area contributed by atoms with E-state index in [2.05, 4.69) is 25.7 Å². The van der Waals surface area contributed by atoms with Crippen molar-refractivity contribution in [3.63, 3.8) is 0 Å². The van der Waals surface area contributed by atoms with E-state index in [4.69, 9.17) is 0 Å². The number of nitrogens with zero attached hydrogens (tertiary/aromatic N) is 1. The maximum Gasteiger partial charge on any atom is 0.129 e. The fourth-order valence-corrected chi connectivity index (χ4v) is 3.91. The molecule has 1 aromatic carbocycles. The highest BCUT2D eigenvalue weighted by Crippen LogP contribution is 2.40. The maximum absolute atomic E-state index is 10.5. The van der Waals surface area contributed by atoms with Gasteiger partial charge in [0.2, 0.25) is 0 Å². The van der Waals surface area contributed by atoms with Crippen molar-refractivity contribution in [1.29, 1.82) is 0 Å². The molecule has 1 atom stereocenters. The summed E-state index contributed by atoms with van der Waals surface area (Å²) in [5.41, 5.74) is 0.850. The molecule has 0 aromatic heterocycles. The molecule has 1 unspecified atom stereocenters. The van der Waals surface area contributed by atoms with Gasteiger partial charge in [-0.1, -0.05) is 46.5 Å². The summed E-state index contributed by atoms with van der Waals surface area (Å²) in [7, 11) is 4.07. The van der Waals surface area contributed by atoms with Gasteiger partial charge in [0.1, 0.15) is 11.5 Å². The molecule has 5 heteroatoms. The monoisotopic (exact) mass is 481 g/mol. The first-order chi connectivity index (χ1) is 11.4. The molecule has 146 valence electrons. The van der Waals surface area contributed by atoms with Gasteiger partial charge < -0.3 is 15.1 Å². The van der Waals surface area contributed by atoms with Crippen molar-refractivity contribution < 1.29 is 10.2 Å². The van der Waals surface area contributed by atoms with Crippen LogP contribution in [0.1, 0.15) is 64.4 Å². The van der Waals surface area contributed by atoms with Crippen LogP contribution in [0.4, 0.5) is 0 Å². The zero-order valence-corrected chi connectivity index (χ0v) is 19.6. The number of likely N-dealkylation sites (N-methyl/N-ethyl adjacent to an activating group) is 1. The van der Waals surface area contributed by atoms with Crippen LogP contribution in [0.15, 0.2) is 17.0 Å². The molecular weight excluding hydrogens is 445 g/mol. The third-order valence-electron chi connectivity index (χ3n) is 4.38. The first-order valence-electron chi connectivity index (χ1n) is 9.20. The van der Waals surface area contributed by atoms with Crippen LogP contribution in [0, 0.1) is 5.92 Å². The second kappa shape index (κ2) is 13.1. The largest absolute Gasteiger partial charge is 0.508 e. The lowest BCUT2D eigenvalue weighted by molar-refractivity contribution is 0.322. The van der Waals surface area contributed by atoms with Gasteiger partial charge in [-0.05, 0) is 44.3 Å². The number of benzene rings is 1. The Morgan fingerprint density at radius 1 is 1.00 bits per heavy atom. The average Bonchev–Trinajstić information content (AvgIpc) is 2.51. The summed E-state index contributed by atoms with van der Waals surface area (Å²) in [6, 6.07) is 3.51. The number of aromatic hydroxyl groups is 2. The molecular formula is C20H36INO2S. The molecule has 25 heavy (non-hydrogen) atoms. The first kappa shape index (κ1) is 24.9. The number of phenols is 2. The number of unbranched alkanes of at least 4 members (excludes halogenated alkanes) is 4. The summed E-state index contributed by atoms with van der Waals surface area (Å²) in [4.78, 5) is 2.92. The summed E-state index contributed by atoms with van der Waals surface area (Å²) >= 11 is 1.64. The topological polar surface area (TPSA) is 43.7 Å². The fourth-order valence-electron chi connectivity index (χ4n) is 2.94. The number of thioether (sulfide) groups is 1. The Morgan fingerprint density at radius 2 is 1.64 bits per heavy atom. The van der Waals surface area contributed by atoms with Gasteiger partial charge >= 0.3 is 0 Å². The summed E-state index contributed by atoms with van der Waals surface area (Å²) in [5, 5.41) is 20.9. The minimum absolute atomic E-state index is 0. The lowest BCUT2D eigenvalue weighted by Crippen LogP contribution is -2.23. The number of phenolic OH excluding ortho intramolecular Hbond substituents is 2. The number of hydrogen-bond donors (Lipinski definition) is 2. The maximum atomic E-state index is 10.5. The lowest BCUT2D eigenvalue weighted by Gasteiger charge is -2.26. The van der Waals surface area contributed by atoms with Gasteiger partial charge in [0.15, 0.2) is 0 Å². The predicted octanol–water partition coefficient (Wildman–Crippen LogP) is 6.08. The van der Waals surface area contributed by atoms with Crippen LogP contribution < -0.4 is 0 Å². The number of rotatable bonds is 11. The van der Waals surface area contributed by atoms with Gasteiger partial charge in [0.05, 0.1) is 4.90 Å². The molecule has 0 radical (unpaired) electrons. The van der Waals surface area contributed by atoms with E-state index in [9.17, 15) is 10.2 Å². The summed E-state index contributed by atoms with van der Waals surface area (Å²) in [6.07, 6.45) is 6.24. The molecule has 0 spiro atoms. The van der Waals surface area contributed by atoms with Crippen molar-refractivity contribution in [1.82, 2.24) is 4.90 Å². The molecule has 0 bridgehead atoms. The van der Waals surface area contributed by atoms with Gasteiger partial charge in [-0.3, -0.25) is 0 Å². The van der Waals surface area contributed by atoms with Crippen molar-refractivity contribution in [2.24, 2.45) is 5.92 Å². The van der Waals surface area contributed by atoms with E-state index in [0.29, 0.717) is 17.4 Å². The van der Waals surface area contributed by atoms with Gasteiger partial charge in [0, 0.05) is 18.0 Å². The standard InChI is InChI=1S/C20H35NO2S.HI/c1-6-7-8-9-10-11-24-20-13-18(22)16(12-19(20)23)17(15(2)3)14-21(4)5;/h12-13,15,17,22-23H,6-11,14H2,1-5H3;1H. The number of hydrogen-bond acceptors (Lipinski definition) is 4. The molecule has 0 saturated carbocycles. The van der Waals surface area contributed by atoms with Gasteiger partial charge in [0.25, 0.3) is 0 Å². The molecule has 3 nitrogen and oxygen atoms in total. The lowest BCUT2D eigenvalue weighted by atomic mass is 9.87. The van der Waals surface area contributed by atoms with Crippen molar-refractivity contribution in [2.75, 3.05) is 26.4 Å². The van der Waals surface area contributed by atoms with Crippen molar-refractivity contribution >= 4 is 35.7 Å². The normalized spacial score (nSPS) is 12.4. The highest BCUT2D eigenvalue weighted by molar-refractivity contribution is 14.0. The van der Waals surface area contributed by atoms with Crippen LogP contribution in [-0.4, -0.2) is 41.5 Å². The molecule has 0 heterocycles. The van der Waals surface area contributed by atoms with E-state index in [1.165, 1.54) is 25.7 Å². The highest BCUT2D eigenvalue weighted by atomic mass is 127. The average molecular weight is 481 g/mol. The van der Waals surface area contributed by atoms with Crippen LogP contribution in [0.3, 0.4) is 0 Å². The second-order valence-corrected chi connectivity index (χ2v) is 8.39. The van der Waals surface area contributed by atoms with Crippen LogP contribution in [-0.2, 0) is 0 Å². The Hall–Kier alpha value is -0.140. The van der Waals surface area contributed by atoms with E-state index < -0.39 is 0 Å². The number of halogens is 1. The van der Waals surface area contributed by atoms with Crippen molar-refractivity contribution in [3.8, 4) is 11.5 Å². The summed E-state index contributed by atoms with van der Waals surface area (Å²) in [5.74, 6) is 2.20. The van der Waals surface area contributed by atoms with Crippen molar-refractivity contribution in [3.05, 3.63) is 17.7 Å².